The number of anilines is 2. The maximum atomic E-state index is 15.3. The number of hydrazine groups is 1. The quantitative estimate of drug-likeness (QED) is 0.152. The molecule has 2 aliphatic heterocycles. The van der Waals surface area contributed by atoms with E-state index in [-0.39, 0.29) is 35.2 Å². The average Bonchev–Trinajstić information content (AvgIpc) is 3.51. The summed E-state index contributed by atoms with van der Waals surface area (Å²) in [5, 5.41) is 13.5. The number of aryl methyl sites for hydroxylation is 1. The van der Waals surface area contributed by atoms with Gasteiger partial charge in [0.1, 0.15) is 11.5 Å². The minimum atomic E-state index is -1.58. The normalized spacial score (nSPS) is 26.6. The first-order chi connectivity index (χ1) is 25.0. The van der Waals surface area contributed by atoms with Crippen LogP contribution in [0.2, 0.25) is 15.1 Å². The molecule has 9 nitrogen and oxygen atoms in total. The Labute approximate surface area is 314 Å². The number of halogens is 3. The molecule has 3 fully saturated rings. The summed E-state index contributed by atoms with van der Waals surface area (Å²) in [6.07, 6.45) is 2.25. The molecule has 0 spiro atoms. The number of aromatic hydroxyl groups is 1. The Morgan fingerprint density at radius 2 is 1.60 bits per heavy atom. The lowest BCUT2D eigenvalue weighted by molar-refractivity contribution is -0.138. The Morgan fingerprint density at radius 1 is 0.846 bits per heavy atom. The van der Waals surface area contributed by atoms with E-state index in [0.717, 1.165) is 10.6 Å². The summed E-state index contributed by atoms with van der Waals surface area (Å²) >= 11 is 19.1. The summed E-state index contributed by atoms with van der Waals surface area (Å²) in [5.41, 5.74) is 4.53. The van der Waals surface area contributed by atoms with Gasteiger partial charge in [-0.1, -0.05) is 82.9 Å². The molecule has 6 atom stereocenters. The van der Waals surface area contributed by atoms with E-state index >= 15 is 4.79 Å². The van der Waals surface area contributed by atoms with Crippen LogP contribution in [0.25, 0.3) is 0 Å². The van der Waals surface area contributed by atoms with Crippen molar-refractivity contribution < 1.29 is 29.0 Å². The number of nitrogens with one attached hydrogen (secondary N) is 1. The van der Waals surface area contributed by atoms with Gasteiger partial charge in [-0.2, -0.15) is 5.01 Å². The summed E-state index contributed by atoms with van der Waals surface area (Å²) in [5.74, 6) is -5.38. The number of allylic oxidation sites excluding steroid dienone is 2. The number of phenols is 1. The molecule has 2 saturated heterocycles. The summed E-state index contributed by atoms with van der Waals surface area (Å²) < 4.78 is 5.45. The highest BCUT2D eigenvalue weighted by Gasteiger charge is 2.70. The van der Waals surface area contributed by atoms with Gasteiger partial charge in [0.2, 0.25) is 11.8 Å². The summed E-state index contributed by atoms with van der Waals surface area (Å²) in [7, 11) is 1.54. The van der Waals surface area contributed by atoms with Crippen molar-refractivity contribution >= 4 is 69.8 Å². The Morgan fingerprint density at radius 3 is 2.29 bits per heavy atom. The minimum absolute atomic E-state index is 0.0695. The molecule has 52 heavy (non-hydrogen) atoms. The van der Waals surface area contributed by atoms with Crippen LogP contribution in [0.5, 0.6) is 11.5 Å². The molecular weight excluding hydrogens is 725 g/mol. The highest BCUT2D eigenvalue weighted by Crippen LogP contribution is 2.65. The fraction of sp³-hybridized carbons (Fsp3) is 0.250. The fourth-order valence-electron chi connectivity index (χ4n) is 8.89. The molecule has 0 radical (unpaired) electrons. The van der Waals surface area contributed by atoms with Crippen molar-refractivity contribution in [2.45, 2.75) is 31.1 Å². The van der Waals surface area contributed by atoms with Crippen LogP contribution in [0, 0.1) is 30.6 Å². The monoisotopic (exact) mass is 755 g/mol. The Bertz CT molecular complexity index is 2220. The number of methoxy groups -OCH3 is 1. The van der Waals surface area contributed by atoms with Gasteiger partial charge in [0.15, 0.2) is 0 Å². The molecule has 4 aliphatic rings. The predicted molar refractivity (Wildman–Crippen MR) is 197 cm³/mol. The van der Waals surface area contributed by atoms with Crippen LogP contribution in [0.3, 0.4) is 0 Å². The van der Waals surface area contributed by atoms with Crippen LogP contribution >= 0.6 is 34.8 Å². The molecule has 4 aromatic carbocycles. The lowest BCUT2D eigenvalue weighted by Crippen LogP contribution is -2.53. The molecule has 2 aliphatic carbocycles. The van der Waals surface area contributed by atoms with Crippen LogP contribution in [-0.2, 0) is 24.6 Å². The first-order valence-electron chi connectivity index (χ1n) is 16.8. The first-order valence-corrected chi connectivity index (χ1v) is 18.0. The van der Waals surface area contributed by atoms with Crippen LogP contribution in [0.15, 0.2) is 96.6 Å². The van der Waals surface area contributed by atoms with Gasteiger partial charge in [0, 0.05) is 21.5 Å². The number of amides is 4. The van der Waals surface area contributed by atoms with E-state index in [1.54, 1.807) is 78.9 Å². The third-order valence-corrected chi connectivity index (χ3v) is 12.2. The smallest absolute Gasteiger partial charge is 0.260 e. The second-order valence-electron chi connectivity index (χ2n) is 13.7. The summed E-state index contributed by atoms with van der Waals surface area (Å²) in [6.45, 7) is 1.84. The van der Waals surface area contributed by atoms with Gasteiger partial charge in [-0.3, -0.25) is 24.6 Å². The molecule has 264 valence electrons. The lowest BCUT2D eigenvalue weighted by atomic mass is 9.49. The molecule has 2 N–H and O–H groups in total. The number of phenolic OH excluding ortho intramolecular Hbond substituents is 1. The van der Waals surface area contributed by atoms with Crippen LogP contribution in [0.4, 0.5) is 11.4 Å². The molecule has 12 heteroatoms. The summed E-state index contributed by atoms with van der Waals surface area (Å²) in [4.78, 5) is 59.9. The molecule has 8 rings (SSSR count). The predicted octanol–water partition coefficient (Wildman–Crippen LogP) is 7.86. The van der Waals surface area contributed by atoms with Crippen LogP contribution in [0.1, 0.15) is 35.4 Å². The molecule has 2 heterocycles. The Hall–Kier alpha value is -4.83. The second kappa shape index (κ2) is 12.7. The third kappa shape index (κ3) is 4.97. The molecule has 4 aromatic rings. The number of hydrogen-bond donors (Lipinski definition) is 2. The number of benzene rings is 4. The molecule has 1 saturated carbocycles. The zero-order valence-electron chi connectivity index (χ0n) is 28.0. The Kier molecular flexibility index (Phi) is 8.36. The van der Waals surface area contributed by atoms with Gasteiger partial charge in [-0.05, 0) is 85.3 Å². The van der Waals surface area contributed by atoms with Crippen LogP contribution < -0.4 is 15.1 Å². The van der Waals surface area contributed by atoms with E-state index in [1.165, 1.54) is 18.1 Å². The van der Waals surface area contributed by atoms with Crippen molar-refractivity contribution in [3.05, 3.63) is 128 Å². The number of hydrogen-bond acceptors (Lipinski definition) is 7. The molecule has 0 aromatic heterocycles. The fourth-order valence-corrected chi connectivity index (χ4v) is 9.52. The van der Waals surface area contributed by atoms with E-state index in [4.69, 9.17) is 39.5 Å². The number of carbonyl (C=O) groups excluding carboxylic acids is 4. The van der Waals surface area contributed by atoms with Gasteiger partial charge >= 0.3 is 0 Å². The lowest BCUT2D eigenvalue weighted by Gasteiger charge is -2.50. The van der Waals surface area contributed by atoms with Crippen molar-refractivity contribution in [1.82, 2.24) is 5.01 Å². The number of ether oxygens (including phenoxy) is 1. The number of nitrogens with zero attached hydrogens (tertiary/aromatic N) is 2. The number of imide groups is 2. The van der Waals surface area contributed by atoms with Gasteiger partial charge in [0.25, 0.3) is 11.8 Å². The zero-order chi connectivity index (χ0) is 36.6. The summed E-state index contributed by atoms with van der Waals surface area (Å²) in [6, 6.07) is 23.5. The van der Waals surface area contributed by atoms with Gasteiger partial charge < -0.3 is 9.84 Å². The number of fused-ring (bicyclic) bond motifs is 4. The van der Waals surface area contributed by atoms with Gasteiger partial charge in [0.05, 0.1) is 46.7 Å². The maximum Gasteiger partial charge on any atom is 0.260 e. The van der Waals surface area contributed by atoms with E-state index in [2.05, 4.69) is 5.43 Å². The number of carbonyl (C=O) groups is 4. The first kappa shape index (κ1) is 34.3. The molecule has 0 bridgehead atoms. The highest BCUT2D eigenvalue weighted by molar-refractivity contribution is 6.36. The van der Waals surface area contributed by atoms with Crippen molar-refractivity contribution in [3.8, 4) is 11.5 Å². The Balaban J connectivity index is 1.32. The van der Waals surface area contributed by atoms with Crippen molar-refractivity contribution in [3.63, 3.8) is 0 Å². The molecule has 4 amide bonds. The zero-order valence-corrected chi connectivity index (χ0v) is 30.2. The average molecular weight is 757 g/mol. The van der Waals surface area contributed by atoms with Crippen molar-refractivity contribution in [2.24, 2.45) is 23.7 Å². The maximum absolute atomic E-state index is 15.3. The minimum Gasteiger partial charge on any atom is -0.508 e. The largest absolute Gasteiger partial charge is 0.508 e. The van der Waals surface area contributed by atoms with Crippen molar-refractivity contribution in [1.29, 1.82) is 0 Å². The van der Waals surface area contributed by atoms with Crippen LogP contribution in [-0.4, -0.2) is 40.9 Å². The van der Waals surface area contributed by atoms with Gasteiger partial charge in [-0.15, -0.1) is 0 Å². The van der Waals surface area contributed by atoms with E-state index in [0.29, 0.717) is 38.2 Å². The van der Waals surface area contributed by atoms with Crippen molar-refractivity contribution in [2.75, 3.05) is 17.4 Å². The second-order valence-corrected chi connectivity index (χ2v) is 15.0. The highest BCUT2D eigenvalue weighted by atomic mass is 35.5. The van der Waals surface area contributed by atoms with E-state index in [9.17, 15) is 19.5 Å². The van der Waals surface area contributed by atoms with Gasteiger partial charge in [-0.25, -0.2) is 4.90 Å². The van der Waals surface area contributed by atoms with E-state index < -0.39 is 52.7 Å². The standard InChI is InChI=1S/C40H32Cl3N3O6/c1-20-7-11-23(18-30(20)42)45-36(48)27-15-14-25-28(34(27)38(45)50)19-29-37(49)46(44-32-16-10-22(41)17-31(32)43)39(51)40(29,21-8-12-24(52-2)13-9-21)35(25)26-5-3-4-6-33(26)47/h3-14,16-18,27-29,34-35,44,47H,15,19H2,1-2H3. The molecule has 6 unspecified atom stereocenters. The molecular formula is C40H32Cl3N3O6. The van der Waals surface area contributed by atoms with E-state index in [1.807, 2.05) is 13.0 Å². The topological polar surface area (TPSA) is 116 Å². The number of para-hydroxylation sites is 1. The third-order valence-electron chi connectivity index (χ3n) is 11.2. The number of rotatable bonds is 6. The SMILES string of the molecule is COc1ccc(C23C(=O)N(Nc4ccc(Cl)cc4Cl)C(=O)C2CC2C(=CCC4C(=O)N(c5ccc(C)c(Cl)c5)C(=O)C42)C3c2ccccc2O)cc1.